The maximum atomic E-state index is 12.0. The number of hydrogen-bond donors (Lipinski definition) is 1. The minimum atomic E-state index is -0.554. The molecule has 20 heavy (non-hydrogen) atoms. The first-order valence-electron chi connectivity index (χ1n) is 5.83. The van der Waals surface area contributed by atoms with Gasteiger partial charge in [-0.2, -0.15) is 0 Å². The van der Waals surface area contributed by atoms with E-state index in [2.05, 4.69) is 0 Å². The van der Waals surface area contributed by atoms with Crippen LogP contribution in [0.2, 0.25) is 5.02 Å². The highest BCUT2D eigenvalue weighted by molar-refractivity contribution is 7.99. The third-order valence-corrected chi connectivity index (χ3v) is 4.10. The zero-order valence-electron chi connectivity index (χ0n) is 10.2. The topological polar surface area (TPSA) is 50.4 Å². The van der Waals surface area contributed by atoms with Gasteiger partial charge in [0.25, 0.3) is 0 Å². The lowest BCUT2D eigenvalue weighted by molar-refractivity contribution is 0.447. The van der Waals surface area contributed by atoms with Crippen molar-refractivity contribution >= 4 is 34.3 Å². The van der Waals surface area contributed by atoms with E-state index in [0.717, 1.165) is 16.7 Å². The molecule has 0 saturated heterocycles. The first-order valence-corrected chi connectivity index (χ1v) is 7.03. The van der Waals surface area contributed by atoms with Crippen molar-refractivity contribution in [1.29, 1.82) is 0 Å². The van der Waals surface area contributed by atoms with Gasteiger partial charge in [0.1, 0.15) is 16.2 Å². The molecule has 0 radical (unpaired) electrons. The van der Waals surface area contributed by atoms with Crippen LogP contribution in [0.5, 0.6) is 5.75 Å². The number of halogens is 1. The monoisotopic (exact) mass is 304 g/mol. The molecule has 0 aliphatic carbocycles. The predicted octanol–water partition coefficient (Wildman–Crippen LogP) is 4.30. The molecular weight excluding hydrogens is 296 g/mol. The Labute approximate surface area is 123 Å². The Morgan fingerprint density at radius 2 is 1.75 bits per heavy atom. The fraction of sp³-hybridized carbons (Fsp3) is 0. The standard InChI is InChI=1S/C15H9ClO3S/c16-9-5-7-10(8-6-9)20-14-13(17)11-3-1-2-4-12(11)19-15(14)18/h1-8,17H. The van der Waals surface area contributed by atoms with Crippen LogP contribution < -0.4 is 5.63 Å². The van der Waals surface area contributed by atoms with Crippen LogP contribution in [0.1, 0.15) is 0 Å². The van der Waals surface area contributed by atoms with Gasteiger partial charge in [-0.05, 0) is 36.4 Å². The number of para-hydroxylation sites is 1. The van der Waals surface area contributed by atoms with Crippen LogP contribution in [0.3, 0.4) is 0 Å². The summed E-state index contributed by atoms with van der Waals surface area (Å²) in [7, 11) is 0. The second-order valence-corrected chi connectivity index (χ2v) is 5.64. The highest BCUT2D eigenvalue weighted by Gasteiger charge is 2.14. The van der Waals surface area contributed by atoms with Crippen molar-refractivity contribution in [3.8, 4) is 5.75 Å². The molecule has 0 unspecified atom stereocenters. The first kappa shape index (κ1) is 13.1. The van der Waals surface area contributed by atoms with E-state index in [1.807, 2.05) is 0 Å². The van der Waals surface area contributed by atoms with Crippen LogP contribution in [0.4, 0.5) is 0 Å². The van der Waals surface area contributed by atoms with Crippen molar-refractivity contribution < 1.29 is 9.52 Å². The summed E-state index contributed by atoms with van der Waals surface area (Å²) < 4.78 is 5.21. The summed E-state index contributed by atoms with van der Waals surface area (Å²) >= 11 is 6.97. The van der Waals surface area contributed by atoms with Crippen LogP contribution in [0.15, 0.2) is 67.5 Å². The van der Waals surface area contributed by atoms with Crippen LogP contribution in [0, 0.1) is 0 Å². The number of rotatable bonds is 2. The molecule has 0 saturated carbocycles. The maximum Gasteiger partial charge on any atom is 0.354 e. The molecule has 0 aliphatic rings. The highest BCUT2D eigenvalue weighted by atomic mass is 35.5. The van der Waals surface area contributed by atoms with Gasteiger partial charge >= 0.3 is 5.63 Å². The zero-order chi connectivity index (χ0) is 14.1. The first-order chi connectivity index (χ1) is 9.65. The third kappa shape index (κ3) is 2.40. The van der Waals surface area contributed by atoms with Gasteiger partial charge in [0, 0.05) is 9.92 Å². The van der Waals surface area contributed by atoms with E-state index in [4.69, 9.17) is 16.0 Å². The summed E-state index contributed by atoms with van der Waals surface area (Å²) in [6.45, 7) is 0. The molecule has 1 heterocycles. The van der Waals surface area contributed by atoms with Gasteiger partial charge in [-0.15, -0.1) is 0 Å². The second-order valence-electron chi connectivity index (χ2n) is 4.12. The van der Waals surface area contributed by atoms with E-state index in [-0.39, 0.29) is 10.6 Å². The molecule has 0 atom stereocenters. The fourth-order valence-electron chi connectivity index (χ4n) is 1.83. The van der Waals surface area contributed by atoms with Gasteiger partial charge < -0.3 is 9.52 Å². The Bertz CT molecular complexity index is 825. The Morgan fingerprint density at radius 3 is 2.50 bits per heavy atom. The summed E-state index contributed by atoms with van der Waals surface area (Å²) in [5, 5.41) is 11.4. The Kier molecular flexibility index (Phi) is 3.42. The zero-order valence-corrected chi connectivity index (χ0v) is 11.7. The summed E-state index contributed by atoms with van der Waals surface area (Å²) in [6, 6.07) is 13.9. The Balaban J connectivity index is 2.11. The number of hydrogen-bond acceptors (Lipinski definition) is 4. The van der Waals surface area contributed by atoms with Gasteiger partial charge in [0.15, 0.2) is 0 Å². The molecule has 3 nitrogen and oxygen atoms in total. The van der Waals surface area contributed by atoms with Gasteiger partial charge in [-0.1, -0.05) is 35.5 Å². The molecule has 3 rings (SSSR count). The molecule has 100 valence electrons. The molecule has 5 heteroatoms. The molecule has 0 fully saturated rings. The minimum Gasteiger partial charge on any atom is -0.506 e. The summed E-state index contributed by atoms with van der Waals surface area (Å²) in [4.78, 5) is 12.9. The van der Waals surface area contributed by atoms with Gasteiger partial charge in [0.2, 0.25) is 0 Å². The SMILES string of the molecule is O=c1oc2ccccc2c(O)c1Sc1ccc(Cl)cc1. The van der Waals surface area contributed by atoms with E-state index in [9.17, 15) is 9.90 Å². The van der Waals surface area contributed by atoms with E-state index in [1.54, 1.807) is 48.5 Å². The fourth-order valence-corrected chi connectivity index (χ4v) is 2.79. The second kappa shape index (κ2) is 5.23. The van der Waals surface area contributed by atoms with Gasteiger partial charge in [-0.3, -0.25) is 0 Å². The molecular formula is C15H9ClO3S. The minimum absolute atomic E-state index is 0.0585. The molecule has 3 aromatic rings. The highest BCUT2D eigenvalue weighted by Crippen LogP contribution is 2.36. The molecule has 0 amide bonds. The summed E-state index contributed by atoms with van der Waals surface area (Å²) in [5.41, 5.74) is -0.184. The number of benzene rings is 2. The predicted molar refractivity (Wildman–Crippen MR) is 79.7 cm³/mol. The number of aromatic hydroxyl groups is 1. The maximum absolute atomic E-state index is 12.0. The largest absolute Gasteiger partial charge is 0.506 e. The molecule has 0 spiro atoms. The van der Waals surface area contributed by atoms with Crippen molar-refractivity contribution in [2.75, 3.05) is 0 Å². The number of fused-ring (bicyclic) bond motifs is 1. The quantitative estimate of drug-likeness (QED) is 0.717. The van der Waals surface area contributed by atoms with Crippen molar-refractivity contribution in [2.24, 2.45) is 0 Å². The lowest BCUT2D eigenvalue weighted by Gasteiger charge is -2.05. The van der Waals surface area contributed by atoms with Crippen molar-refractivity contribution in [2.45, 2.75) is 9.79 Å². The summed E-state index contributed by atoms with van der Waals surface area (Å²) in [6.07, 6.45) is 0. The molecule has 1 aromatic heterocycles. The molecule has 2 aromatic carbocycles. The molecule has 0 bridgehead atoms. The lowest BCUT2D eigenvalue weighted by atomic mass is 10.2. The van der Waals surface area contributed by atoms with Crippen LogP contribution in [-0.4, -0.2) is 5.11 Å². The molecule has 0 aliphatic heterocycles. The lowest BCUT2D eigenvalue weighted by Crippen LogP contribution is -2.02. The van der Waals surface area contributed by atoms with Crippen molar-refractivity contribution in [3.05, 3.63) is 64.0 Å². The van der Waals surface area contributed by atoms with Gasteiger partial charge in [-0.25, -0.2) is 4.79 Å². The average Bonchev–Trinajstić information content (AvgIpc) is 2.45. The van der Waals surface area contributed by atoms with E-state index in [1.165, 1.54) is 0 Å². The van der Waals surface area contributed by atoms with Crippen LogP contribution in [0.25, 0.3) is 11.0 Å². The smallest absolute Gasteiger partial charge is 0.354 e. The average molecular weight is 305 g/mol. The van der Waals surface area contributed by atoms with E-state index in [0.29, 0.717) is 16.0 Å². The van der Waals surface area contributed by atoms with E-state index >= 15 is 0 Å². The van der Waals surface area contributed by atoms with Crippen LogP contribution >= 0.6 is 23.4 Å². The Morgan fingerprint density at radius 1 is 1.05 bits per heavy atom. The van der Waals surface area contributed by atoms with E-state index < -0.39 is 5.63 Å². The van der Waals surface area contributed by atoms with Crippen molar-refractivity contribution in [1.82, 2.24) is 0 Å². The van der Waals surface area contributed by atoms with Crippen molar-refractivity contribution in [3.63, 3.8) is 0 Å². The third-order valence-electron chi connectivity index (χ3n) is 2.78. The van der Waals surface area contributed by atoms with Crippen LogP contribution in [-0.2, 0) is 0 Å². The summed E-state index contributed by atoms with van der Waals surface area (Å²) in [5.74, 6) is -0.0585. The molecule has 1 N–H and O–H groups in total. The van der Waals surface area contributed by atoms with Gasteiger partial charge in [0.05, 0.1) is 5.39 Å². The Hall–Kier alpha value is -1.91. The normalized spacial score (nSPS) is 10.8.